The summed E-state index contributed by atoms with van der Waals surface area (Å²) in [5, 5.41) is 0. The van der Waals surface area contributed by atoms with E-state index in [4.69, 9.17) is 0 Å². The van der Waals surface area contributed by atoms with Gasteiger partial charge in [-0.05, 0) is 24.0 Å². The van der Waals surface area contributed by atoms with Crippen LogP contribution in [-0.4, -0.2) is 61.9 Å². The summed E-state index contributed by atoms with van der Waals surface area (Å²) in [7, 11) is -2.77. The van der Waals surface area contributed by atoms with E-state index < -0.39 is 9.84 Å². The molecule has 0 saturated carbocycles. The number of hydrogen-bond donors (Lipinski definition) is 0. The summed E-state index contributed by atoms with van der Waals surface area (Å²) >= 11 is 0. The molecule has 2 fully saturated rings. The van der Waals surface area contributed by atoms with Crippen molar-refractivity contribution < 1.29 is 8.42 Å². The van der Waals surface area contributed by atoms with E-state index in [-0.39, 0.29) is 6.04 Å². The Morgan fingerprint density at radius 1 is 1.09 bits per heavy atom. The fraction of sp³-hybridized carbons (Fsp3) is 0.647. The molecule has 3 rings (SSSR count). The second-order valence-corrected chi connectivity index (χ2v) is 8.72. The molecule has 4 nitrogen and oxygen atoms in total. The lowest BCUT2D eigenvalue weighted by Gasteiger charge is -2.37. The van der Waals surface area contributed by atoms with Crippen molar-refractivity contribution in [2.24, 2.45) is 0 Å². The first-order chi connectivity index (χ1) is 10.6. The van der Waals surface area contributed by atoms with E-state index >= 15 is 0 Å². The highest BCUT2D eigenvalue weighted by Gasteiger charge is 2.33. The fourth-order valence-electron chi connectivity index (χ4n) is 3.65. The lowest BCUT2D eigenvalue weighted by molar-refractivity contribution is 0.0999. The molecule has 0 unspecified atom stereocenters. The number of rotatable bonds is 4. The van der Waals surface area contributed by atoms with Gasteiger partial charge in [0.2, 0.25) is 0 Å². The normalized spacial score (nSPS) is 26.3. The standard InChI is InChI=1S/C17H26N2O2S/c1-2-15-5-3-4-6-16(15)13-18-8-10-19(11-9-18)17-7-12-22(20,21)14-17/h3-6,17H,2,7-14H2,1H3/t17-/m1/s1. The molecule has 0 spiro atoms. The van der Waals surface area contributed by atoms with Crippen molar-refractivity contribution >= 4 is 9.84 Å². The van der Waals surface area contributed by atoms with E-state index in [2.05, 4.69) is 41.0 Å². The van der Waals surface area contributed by atoms with Crippen LogP contribution in [0.5, 0.6) is 0 Å². The van der Waals surface area contributed by atoms with Crippen molar-refractivity contribution in [1.82, 2.24) is 9.80 Å². The highest BCUT2D eigenvalue weighted by molar-refractivity contribution is 7.91. The first kappa shape index (κ1) is 16.0. The number of sulfone groups is 1. The summed E-state index contributed by atoms with van der Waals surface area (Å²) in [6, 6.07) is 8.94. The first-order valence-electron chi connectivity index (χ1n) is 8.31. The van der Waals surface area contributed by atoms with Crippen molar-refractivity contribution in [1.29, 1.82) is 0 Å². The number of piperazine rings is 1. The average Bonchev–Trinajstić information content (AvgIpc) is 2.89. The van der Waals surface area contributed by atoms with E-state index in [0.717, 1.165) is 45.6 Å². The van der Waals surface area contributed by atoms with Crippen LogP contribution in [0.25, 0.3) is 0 Å². The Hall–Kier alpha value is -0.910. The minimum absolute atomic E-state index is 0.259. The average molecular weight is 322 g/mol. The van der Waals surface area contributed by atoms with Gasteiger partial charge in [0.05, 0.1) is 11.5 Å². The maximum absolute atomic E-state index is 11.6. The van der Waals surface area contributed by atoms with Gasteiger partial charge in [0.15, 0.2) is 9.84 Å². The number of aryl methyl sites for hydroxylation is 1. The van der Waals surface area contributed by atoms with Crippen molar-refractivity contribution in [2.45, 2.75) is 32.4 Å². The predicted molar refractivity (Wildman–Crippen MR) is 89.7 cm³/mol. The molecule has 1 aromatic rings. The highest BCUT2D eigenvalue weighted by atomic mass is 32.2. The van der Waals surface area contributed by atoms with E-state index in [0.29, 0.717) is 11.5 Å². The van der Waals surface area contributed by atoms with Crippen LogP contribution in [-0.2, 0) is 22.8 Å². The number of benzene rings is 1. The molecule has 0 bridgehead atoms. The summed E-state index contributed by atoms with van der Waals surface area (Å²) in [4.78, 5) is 4.88. The van der Waals surface area contributed by atoms with Crippen LogP contribution in [0.4, 0.5) is 0 Å². The summed E-state index contributed by atoms with van der Waals surface area (Å²) < 4.78 is 23.2. The van der Waals surface area contributed by atoms with Crippen molar-refractivity contribution in [3.05, 3.63) is 35.4 Å². The minimum atomic E-state index is -2.77. The Labute approximate surface area is 134 Å². The zero-order chi connectivity index (χ0) is 15.6. The zero-order valence-electron chi connectivity index (χ0n) is 13.4. The third-order valence-electron chi connectivity index (χ3n) is 5.02. The van der Waals surface area contributed by atoms with E-state index in [1.807, 2.05) is 0 Å². The Morgan fingerprint density at radius 3 is 2.36 bits per heavy atom. The minimum Gasteiger partial charge on any atom is -0.297 e. The number of nitrogens with zero attached hydrogens (tertiary/aromatic N) is 2. The monoisotopic (exact) mass is 322 g/mol. The SMILES string of the molecule is CCc1ccccc1CN1CCN([C@@H]2CCS(=O)(=O)C2)CC1. The Kier molecular flexibility index (Phi) is 4.85. The van der Waals surface area contributed by atoms with Crippen molar-refractivity contribution in [2.75, 3.05) is 37.7 Å². The molecule has 22 heavy (non-hydrogen) atoms. The predicted octanol–water partition coefficient (Wildman–Crippen LogP) is 1.55. The van der Waals surface area contributed by atoms with Gasteiger partial charge in [-0.15, -0.1) is 0 Å². The molecule has 2 saturated heterocycles. The molecule has 0 radical (unpaired) electrons. The van der Waals surface area contributed by atoms with Gasteiger partial charge in [-0.25, -0.2) is 8.42 Å². The molecule has 2 aliphatic rings. The molecule has 0 aromatic heterocycles. The molecule has 2 aliphatic heterocycles. The largest absolute Gasteiger partial charge is 0.297 e. The van der Waals surface area contributed by atoms with Gasteiger partial charge >= 0.3 is 0 Å². The molecule has 5 heteroatoms. The van der Waals surface area contributed by atoms with E-state index in [1.54, 1.807) is 0 Å². The van der Waals surface area contributed by atoms with Crippen LogP contribution in [0.2, 0.25) is 0 Å². The van der Waals surface area contributed by atoms with Gasteiger partial charge in [0.1, 0.15) is 0 Å². The fourth-order valence-corrected chi connectivity index (χ4v) is 5.41. The molecule has 122 valence electrons. The second-order valence-electron chi connectivity index (χ2n) is 6.49. The van der Waals surface area contributed by atoms with Gasteiger partial charge in [0.25, 0.3) is 0 Å². The first-order valence-corrected chi connectivity index (χ1v) is 10.1. The van der Waals surface area contributed by atoms with E-state index in [9.17, 15) is 8.42 Å². The maximum Gasteiger partial charge on any atom is 0.151 e. The smallest absolute Gasteiger partial charge is 0.151 e. The quantitative estimate of drug-likeness (QED) is 0.843. The highest BCUT2D eigenvalue weighted by Crippen LogP contribution is 2.20. The Bertz CT molecular complexity index is 607. The van der Waals surface area contributed by atoms with Crippen LogP contribution in [0.1, 0.15) is 24.5 Å². The summed E-state index contributed by atoms with van der Waals surface area (Å²) in [5.41, 5.74) is 2.87. The van der Waals surface area contributed by atoms with Gasteiger partial charge in [-0.3, -0.25) is 9.80 Å². The van der Waals surface area contributed by atoms with Gasteiger partial charge in [-0.2, -0.15) is 0 Å². The summed E-state index contributed by atoms with van der Waals surface area (Å²) in [6.45, 7) is 7.28. The Morgan fingerprint density at radius 2 is 1.77 bits per heavy atom. The summed E-state index contributed by atoms with van der Waals surface area (Å²) in [6.07, 6.45) is 1.90. The lowest BCUT2D eigenvalue weighted by Crippen LogP contribution is -2.50. The lowest BCUT2D eigenvalue weighted by atomic mass is 10.0. The summed E-state index contributed by atoms with van der Waals surface area (Å²) in [5.74, 6) is 0.743. The van der Waals surface area contributed by atoms with Crippen LogP contribution in [0.3, 0.4) is 0 Å². The van der Waals surface area contributed by atoms with Crippen LogP contribution >= 0.6 is 0 Å². The molecule has 2 heterocycles. The molecule has 1 atom stereocenters. The Balaban J connectivity index is 1.54. The van der Waals surface area contributed by atoms with Gasteiger partial charge in [-0.1, -0.05) is 31.2 Å². The molecular formula is C17H26N2O2S. The van der Waals surface area contributed by atoms with Gasteiger partial charge < -0.3 is 0 Å². The van der Waals surface area contributed by atoms with E-state index in [1.165, 1.54) is 11.1 Å². The second kappa shape index (κ2) is 6.69. The molecule has 0 aliphatic carbocycles. The van der Waals surface area contributed by atoms with Crippen LogP contribution in [0.15, 0.2) is 24.3 Å². The number of hydrogen-bond acceptors (Lipinski definition) is 4. The topological polar surface area (TPSA) is 40.6 Å². The molecule has 1 aromatic carbocycles. The zero-order valence-corrected chi connectivity index (χ0v) is 14.2. The van der Waals surface area contributed by atoms with Crippen molar-refractivity contribution in [3.63, 3.8) is 0 Å². The third kappa shape index (κ3) is 3.70. The van der Waals surface area contributed by atoms with Crippen LogP contribution < -0.4 is 0 Å². The van der Waals surface area contributed by atoms with Gasteiger partial charge in [0, 0.05) is 38.8 Å². The molecular weight excluding hydrogens is 296 g/mol. The molecule has 0 N–H and O–H groups in total. The maximum atomic E-state index is 11.6. The van der Waals surface area contributed by atoms with Crippen LogP contribution in [0, 0.1) is 0 Å². The van der Waals surface area contributed by atoms with Crippen molar-refractivity contribution in [3.8, 4) is 0 Å². The third-order valence-corrected chi connectivity index (χ3v) is 6.78. The molecule has 0 amide bonds.